The van der Waals surface area contributed by atoms with Crippen molar-refractivity contribution in [1.29, 1.82) is 0 Å². The quantitative estimate of drug-likeness (QED) is 0.240. The number of ketones is 1. The fourth-order valence-electron chi connectivity index (χ4n) is 8.73. The lowest BCUT2D eigenvalue weighted by Gasteiger charge is -2.62. The number of rotatable bonds is 5. The number of Topliss-reactive ketones (excluding diaryl/α,β-unsaturated/α-hetero) is 1. The molecule has 2 aromatic rings. The third-order valence-electron chi connectivity index (χ3n) is 10.9. The van der Waals surface area contributed by atoms with Crippen LogP contribution in [-0.2, 0) is 29.7 Å². The molecule has 0 radical (unpaired) electrons. The third-order valence-corrected chi connectivity index (χ3v) is 10.9. The minimum absolute atomic E-state index is 0.0743. The van der Waals surface area contributed by atoms with E-state index in [-0.39, 0.29) is 11.1 Å². The molecule has 45 heavy (non-hydrogen) atoms. The van der Waals surface area contributed by atoms with E-state index in [0.29, 0.717) is 11.1 Å². The van der Waals surface area contributed by atoms with Crippen LogP contribution in [-0.4, -0.2) is 90.7 Å². The zero-order valence-corrected chi connectivity index (χ0v) is 25.0. The van der Waals surface area contributed by atoms with Crippen molar-refractivity contribution < 1.29 is 54.1 Å². The van der Waals surface area contributed by atoms with E-state index < -0.39 is 88.9 Å². The van der Waals surface area contributed by atoms with Crippen LogP contribution in [0.3, 0.4) is 0 Å². The summed E-state index contributed by atoms with van der Waals surface area (Å²) in [7, 11) is 0. The second kappa shape index (κ2) is 9.63. The molecule has 11 nitrogen and oxygen atoms in total. The first-order valence-electron chi connectivity index (χ1n) is 15.0. The minimum Gasteiger partial charge on any atom is -0.455 e. The van der Waals surface area contributed by atoms with E-state index in [2.05, 4.69) is 6.58 Å². The summed E-state index contributed by atoms with van der Waals surface area (Å²) in [6, 6.07) is 16.9. The van der Waals surface area contributed by atoms with Gasteiger partial charge in [-0.15, -0.1) is 0 Å². The zero-order valence-electron chi connectivity index (χ0n) is 25.0. The summed E-state index contributed by atoms with van der Waals surface area (Å²) in [6.07, 6.45) is -5.49. The predicted molar refractivity (Wildman–Crippen MR) is 155 cm³/mol. The summed E-state index contributed by atoms with van der Waals surface area (Å²) in [6.45, 7) is 7.77. The van der Waals surface area contributed by atoms with Crippen molar-refractivity contribution in [1.82, 2.24) is 0 Å². The summed E-state index contributed by atoms with van der Waals surface area (Å²) in [4.78, 5) is 27.5. The Labute approximate surface area is 259 Å². The van der Waals surface area contributed by atoms with Crippen molar-refractivity contribution in [3.05, 3.63) is 95.6 Å². The standard InChI is InChI=1S/C34H36O11/c1-17(2)32-26(42-28(38)20-11-7-5-8-12-20)19(4)33-22-15-18(3)24(36)31(22,41)29(39)30(40,16-35)25(37)23(33)27(32)43-34(44-32,45-33)21-13-9-6-10-14-21/h5-15,19,22-23,25-27,29,35,37,39-41H,1,16H2,2-4H3/t19-,22-,23+,25+,26-,27-,29-,30+,31-,32+,33+,34-/m1/s1. The number of carbonyl (C=O) groups excluding carboxylic acids is 2. The number of aliphatic hydroxyl groups is 5. The maximum absolute atomic E-state index is 13.8. The summed E-state index contributed by atoms with van der Waals surface area (Å²) in [5, 5.41) is 58.3. The molecular weight excluding hydrogens is 584 g/mol. The van der Waals surface area contributed by atoms with Gasteiger partial charge in [0.1, 0.15) is 23.9 Å². The minimum atomic E-state index is -2.82. The van der Waals surface area contributed by atoms with Crippen molar-refractivity contribution in [2.45, 2.75) is 73.6 Å². The molecule has 11 heteroatoms. The average Bonchev–Trinajstić information content (AvgIpc) is 3.43. The lowest BCUT2D eigenvalue weighted by molar-refractivity contribution is -0.443. The Morgan fingerprint density at radius 3 is 2.24 bits per heavy atom. The topological polar surface area (TPSA) is 172 Å². The zero-order chi connectivity index (χ0) is 32.3. The van der Waals surface area contributed by atoms with E-state index in [4.69, 9.17) is 18.9 Å². The average molecular weight is 621 g/mol. The molecule has 0 aromatic heterocycles. The molecule has 7 rings (SSSR count). The van der Waals surface area contributed by atoms with Crippen molar-refractivity contribution in [2.75, 3.05) is 6.61 Å². The van der Waals surface area contributed by atoms with Crippen LogP contribution in [0.4, 0.5) is 0 Å². The highest BCUT2D eigenvalue weighted by molar-refractivity contribution is 6.05. The number of fused-ring (bicyclic) bond motifs is 2. The molecule has 2 saturated heterocycles. The Bertz CT molecular complexity index is 1610. The summed E-state index contributed by atoms with van der Waals surface area (Å²) in [5.41, 5.74) is -8.14. The van der Waals surface area contributed by atoms with Crippen LogP contribution in [0.15, 0.2) is 84.5 Å². The van der Waals surface area contributed by atoms with Crippen LogP contribution >= 0.6 is 0 Å². The number of carbonyl (C=O) groups is 2. The van der Waals surface area contributed by atoms with Crippen LogP contribution in [0.1, 0.15) is 36.7 Å². The number of ether oxygens (including phenoxy) is 4. The smallest absolute Gasteiger partial charge is 0.338 e. The third kappa shape index (κ3) is 3.47. The molecule has 5 aliphatic rings. The van der Waals surface area contributed by atoms with Gasteiger partial charge in [-0.3, -0.25) is 4.79 Å². The summed E-state index contributed by atoms with van der Waals surface area (Å²) < 4.78 is 26.7. The van der Waals surface area contributed by atoms with Crippen LogP contribution in [0.2, 0.25) is 0 Å². The van der Waals surface area contributed by atoms with E-state index in [0.717, 1.165) is 0 Å². The van der Waals surface area contributed by atoms with Gasteiger partial charge in [0.15, 0.2) is 17.0 Å². The molecule has 4 fully saturated rings. The first-order chi connectivity index (χ1) is 21.3. The molecule has 238 valence electrons. The molecule has 3 bridgehead atoms. The largest absolute Gasteiger partial charge is 0.455 e. The van der Waals surface area contributed by atoms with Crippen LogP contribution < -0.4 is 0 Å². The lowest BCUT2D eigenvalue weighted by Crippen LogP contribution is -2.77. The van der Waals surface area contributed by atoms with Gasteiger partial charge >= 0.3 is 11.9 Å². The first-order valence-corrected chi connectivity index (χ1v) is 15.0. The second-order valence-electron chi connectivity index (χ2n) is 13.1. The van der Waals surface area contributed by atoms with Gasteiger partial charge in [0.25, 0.3) is 0 Å². The molecule has 2 heterocycles. The Kier molecular flexibility index (Phi) is 6.50. The number of hydrogen-bond acceptors (Lipinski definition) is 11. The van der Waals surface area contributed by atoms with Crippen LogP contribution in [0, 0.1) is 17.8 Å². The van der Waals surface area contributed by atoms with E-state index in [9.17, 15) is 35.1 Å². The van der Waals surface area contributed by atoms with Gasteiger partial charge in [0, 0.05) is 23.3 Å². The first kappa shape index (κ1) is 30.4. The number of benzene rings is 2. The van der Waals surface area contributed by atoms with Gasteiger partial charge in [0.2, 0.25) is 0 Å². The highest BCUT2D eigenvalue weighted by atomic mass is 16.9. The molecule has 0 unspecified atom stereocenters. The molecule has 2 aliphatic heterocycles. The van der Waals surface area contributed by atoms with Gasteiger partial charge in [-0.25, -0.2) is 4.79 Å². The second-order valence-corrected chi connectivity index (χ2v) is 13.1. The predicted octanol–water partition coefficient (Wildman–Crippen LogP) is 1.12. The molecule has 12 atom stereocenters. The Morgan fingerprint density at radius 2 is 1.64 bits per heavy atom. The van der Waals surface area contributed by atoms with Crippen molar-refractivity contribution in [2.24, 2.45) is 17.8 Å². The van der Waals surface area contributed by atoms with E-state index in [1.807, 2.05) is 0 Å². The van der Waals surface area contributed by atoms with Gasteiger partial charge < -0.3 is 44.5 Å². The van der Waals surface area contributed by atoms with E-state index >= 15 is 0 Å². The molecular formula is C34H36O11. The van der Waals surface area contributed by atoms with Gasteiger partial charge in [-0.1, -0.05) is 68.1 Å². The molecule has 0 spiro atoms. The van der Waals surface area contributed by atoms with Crippen molar-refractivity contribution in [3.63, 3.8) is 0 Å². The number of hydrogen-bond donors (Lipinski definition) is 5. The molecule has 3 aliphatic carbocycles. The number of esters is 1. The van der Waals surface area contributed by atoms with Gasteiger partial charge in [-0.2, -0.15) is 0 Å². The highest BCUT2D eigenvalue weighted by Crippen LogP contribution is 2.71. The van der Waals surface area contributed by atoms with E-state index in [1.165, 1.54) is 13.0 Å². The molecule has 2 saturated carbocycles. The number of aliphatic hydroxyl groups excluding tert-OH is 3. The van der Waals surface area contributed by atoms with Crippen molar-refractivity contribution >= 4 is 11.8 Å². The van der Waals surface area contributed by atoms with Crippen LogP contribution in [0.5, 0.6) is 0 Å². The van der Waals surface area contributed by atoms with E-state index in [1.54, 1.807) is 74.5 Å². The SMILES string of the molecule is C=C(C)[C@@]12O[C@@]3(c4ccccc4)O[C@@H]1[C@@H]1[C@H](O)[C@@](O)(CO)[C@@H](O)[C@]4(O)C(=O)C(C)=C[C@H]4[C@@]1(O3)[C@H](C)[C@H]2OC(=O)c1ccccc1. The van der Waals surface area contributed by atoms with Crippen molar-refractivity contribution in [3.8, 4) is 0 Å². The fraction of sp³-hybridized carbons (Fsp3) is 0.471. The van der Waals surface area contributed by atoms with Crippen LogP contribution in [0.25, 0.3) is 0 Å². The maximum Gasteiger partial charge on any atom is 0.338 e. The molecule has 5 N–H and O–H groups in total. The van der Waals surface area contributed by atoms with Gasteiger partial charge in [-0.05, 0) is 37.1 Å². The Morgan fingerprint density at radius 1 is 1.02 bits per heavy atom. The fourth-order valence-corrected chi connectivity index (χ4v) is 8.73. The lowest BCUT2D eigenvalue weighted by atomic mass is 9.52. The normalized spacial score (nSPS) is 46.2. The Balaban J connectivity index is 1.54. The highest BCUT2D eigenvalue weighted by Gasteiger charge is 2.87. The maximum atomic E-state index is 13.8. The molecule has 0 amide bonds. The van der Waals surface area contributed by atoms with Gasteiger partial charge in [0.05, 0.1) is 23.9 Å². The monoisotopic (exact) mass is 620 g/mol. The summed E-state index contributed by atoms with van der Waals surface area (Å²) >= 11 is 0. The summed E-state index contributed by atoms with van der Waals surface area (Å²) in [5.74, 6) is -7.44. The molecule has 2 aromatic carbocycles. The Hall–Kier alpha value is -3.26.